The van der Waals surface area contributed by atoms with Gasteiger partial charge in [0.2, 0.25) is 5.78 Å². The van der Waals surface area contributed by atoms with Crippen molar-refractivity contribution in [2.45, 2.75) is 109 Å². The van der Waals surface area contributed by atoms with Gasteiger partial charge in [0.1, 0.15) is 5.76 Å². The maximum Gasteiger partial charge on any atom is 0.416 e. The molecule has 0 radical (unpaired) electrons. The van der Waals surface area contributed by atoms with Crippen molar-refractivity contribution in [2.75, 3.05) is 6.54 Å². The van der Waals surface area contributed by atoms with Crippen LogP contribution in [0, 0.1) is 5.41 Å². The largest absolute Gasteiger partial charge is 0.453 e. The summed E-state index contributed by atoms with van der Waals surface area (Å²) in [6.07, 6.45) is 0.484. The molecule has 0 aliphatic heterocycles. The third kappa shape index (κ3) is 8.93. The molecule has 4 aromatic rings. The zero-order chi connectivity index (χ0) is 40.4. The average molecular weight is 791 g/mol. The molecule has 2 bridgehead atoms. The van der Waals surface area contributed by atoms with Crippen LogP contribution in [0.3, 0.4) is 0 Å². The number of ketones is 1. The highest BCUT2D eigenvalue weighted by molar-refractivity contribution is 6.33. The Balaban J connectivity index is 1.42. The summed E-state index contributed by atoms with van der Waals surface area (Å²) < 4.78 is 46.8. The fraction of sp³-hybridized carbons (Fsp3) is 0.422. The summed E-state index contributed by atoms with van der Waals surface area (Å²) in [5.74, 6) is -0.879. The number of hydrogen-bond acceptors (Lipinski definition) is 5. The first-order valence-corrected chi connectivity index (χ1v) is 19.6. The van der Waals surface area contributed by atoms with Crippen molar-refractivity contribution < 1.29 is 37.4 Å². The van der Waals surface area contributed by atoms with Gasteiger partial charge in [-0.1, -0.05) is 72.6 Å². The van der Waals surface area contributed by atoms with E-state index in [2.05, 4.69) is 11.4 Å². The number of urea groups is 1. The number of alkyl halides is 3. The normalized spacial score (nSPS) is 23.0. The maximum atomic E-state index is 14.6. The highest BCUT2D eigenvalue weighted by Crippen LogP contribution is 2.59. The van der Waals surface area contributed by atoms with Gasteiger partial charge in [0.25, 0.3) is 0 Å². The van der Waals surface area contributed by atoms with E-state index in [1.54, 1.807) is 11.0 Å². The average Bonchev–Trinajstić information content (AvgIpc) is 3.72. The Morgan fingerprint density at radius 2 is 1.77 bits per heavy atom. The first kappa shape index (κ1) is 41.3. The van der Waals surface area contributed by atoms with Crippen molar-refractivity contribution in [3.05, 3.63) is 129 Å². The van der Waals surface area contributed by atoms with Crippen LogP contribution in [-0.4, -0.2) is 51.2 Å². The fourth-order valence-electron chi connectivity index (χ4n) is 8.48. The summed E-state index contributed by atoms with van der Waals surface area (Å²) in [5, 5.41) is 27.0. The Morgan fingerprint density at radius 1 is 1.02 bits per heavy atom. The van der Waals surface area contributed by atoms with Crippen molar-refractivity contribution in [1.29, 1.82) is 0 Å². The number of aliphatic hydroxyl groups is 2. The molecule has 56 heavy (non-hydrogen) atoms. The van der Waals surface area contributed by atoms with Crippen LogP contribution in [0.1, 0.15) is 111 Å². The Hall–Kier alpha value is -4.38. The Labute approximate surface area is 331 Å². The van der Waals surface area contributed by atoms with Crippen LogP contribution in [0.15, 0.2) is 94.9 Å². The minimum atomic E-state index is -4.61. The standard InChI is InChI=1S/C45H50ClF3N2O5/c1-28(2)50-42(54)51(26-30-10-6-5-7-11-30)27-44(55)22-20-37-34-16-13-31(23-33(52)15-12-29(3)9-8-21-43(37,44)4)24-35(34)41(53)40-19-18-39(56-40)36-25-32(45(47,48)49)14-17-38(36)46/h5-7,9-11,13-14,16-19,24-25,28,33,37,52,55H,8,12,15,20-23,26-27H2,1-4H3,(H,50,54)/t33-,37-,43-,44+/m0/s1. The number of allylic oxidation sites excluding steroid dienone is 2. The third-order valence-electron chi connectivity index (χ3n) is 11.7. The Kier molecular flexibility index (Phi) is 12.2. The minimum absolute atomic E-state index is 0.00503. The summed E-state index contributed by atoms with van der Waals surface area (Å²) in [7, 11) is 0. The number of carbonyl (C=O) groups is 2. The van der Waals surface area contributed by atoms with Crippen LogP contribution < -0.4 is 5.32 Å². The summed E-state index contributed by atoms with van der Waals surface area (Å²) in [6, 6.07) is 20.6. The van der Waals surface area contributed by atoms with Crippen molar-refractivity contribution in [2.24, 2.45) is 5.41 Å². The van der Waals surface area contributed by atoms with E-state index in [0.717, 1.165) is 34.9 Å². The summed E-state index contributed by atoms with van der Waals surface area (Å²) in [4.78, 5) is 30.0. The van der Waals surface area contributed by atoms with Gasteiger partial charge in [-0.15, -0.1) is 0 Å². The van der Waals surface area contributed by atoms with Gasteiger partial charge in [-0.2, -0.15) is 13.2 Å². The molecule has 3 N–H and O–H groups in total. The molecule has 0 spiro atoms. The molecule has 1 saturated carbocycles. The van der Waals surface area contributed by atoms with E-state index in [9.17, 15) is 33.0 Å². The number of nitrogens with one attached hydrogen (secondary N) is 1. The van der Waals surface area contributed by atoms with Gasteiger partial charge in [-0.3, -0.25) is 4.79 Å². The van der Waals surface area contributed by atoms with Gasteiger partial charge < -0.3 is 24.8 Å². The molecular weight excluding hydrogens is 741 g/mol. The number of aliphatic hydroxyl groups excluding tert-OH is 1. The SMILES string of the molecule is CC1=CCC[C@@]2(C)[C@@H](CC[C@@]2(O)CN(Cc2ccccc2)C(=O)NC(C)C)c2ccc(cc2C(=O)c2ccc(-c3cc(C(F)(F)F)ccc3Cl)o2)C[C@@H](O)CC1. The number of fused-ring (bicyclic) bond motifs is 8. The molecule has 7 rings (SSSR count). The predicted molar refractivity (Wildman–Crippen MR) is 212 cm³/mol. The summed E-state index contributed by atoms with van der Waals surface area (Å²) in [5.41, 5.74) is 0.761. The first-order valence-electron chi connectivity index (χ1n) is 19.3. The monoisotopic (exact) mass is 790 g/mol. The zero-order valence-electron chi connectivity index (χ0n) is 32.3. The minimum Gasteiger partial charge on any atom is -0.453 e. The number of amides is 2. The second-order valence-corrected chi connectivity index (χ2v) is 16.5. The van der Waals surface area contributed by atoms with Gasteiger partial charge >= 0.3 is 12.2 Å². The summed E-state index contributed by atoms with van der Waals surface area (Å²) in [6.45, 7) is 8.23. The molecule has 298 valence electrons. The second kappa shape index (κ2) is 16.6. The molecule has 7 nitrogen and oxygen atoms in total. The lowest BCUT2D eigenvalue weighted by atomic mass is 9.64. The number of furan rings is 1. The Bertz CT molecular complexity index is 2080. The number of hydrogen-bond donors (Lipinski definition) is 3. The van der Waals surface area contributed by atoms with Crippen molar-refractivity contribution >= 4 is 23.4 Å². The van der Waals surface area contributed by atoms with Crippen LogP contribution in [0.2, 0.25) is 5.02 Å². The quantitative estimate of drug-likeness (QED) is 0.122. The van der Waals surface area contributed by atoms with Crippen molar-refractivity contribution in [3.8, 4) is 11.3 Å². The smallest absolute Gasteiger partial charge is 0.416 e. The molecule has 3 aliphatic rings. The van der Waals surface area contributed by atoms with E-state index < -0.39 is 34.6 Å². The maximum absolute atomic E-state index is 14.6. The van der Waals surface area contributed by atoms with Crippen LogP contribution in [-0.2, 0) is 19.1 Å². The van der Waals surface area contributed by atoms with Gasteiger partial charge in [0, 0.05) is 29.1 Å². The van der Waals surface area contributed by atoms with E-state index in [1.165, 1.54) is 12.1 Å². The molecule has 11 heteroatoms. The van der Waals surface area contributed by atoms with E-state index in [4.69, 9.17) is 16.0 Å². The van der Waals surface area contributed by atoms with Crippen molar-refractivity contribution in [3.63, 3.8) is 0 Å². The van der Waals surface area contributed by atoms with Crippen LogP contribution >= 0.6 is 11.6 Å². The van der Waals surface area contributed by atoms with Crippen molar-refractivity contribution in [1.82, 2.24) is 10.2 Å². The topological polar surface area (TPSA) is 103 Å². The van der Waals surface area contributed by atoms with Gasteiger partial charge in [0.05, 0.1) is 28.8 Å². The molecule has 0 unspecified atom stereocenters. The predicted octanol–water partition coefficient (Wildman–Crippen LogP) is 10.5. The summed E-state index contributed by atoms with van der Waals surface area (Å²) >= 11 is 6.33. The third-order valence-corrected chi connectivity index (χ3v) is 12.0. The Morgan fingerprint density at radius 3 is 2.48 bits per heavy atom. The molecule has 3 aliphatic carbocycles. The molecule has 2 amide bonds. The molecule has 0 saturated heterocycles. The van der Waals surface area contributed by atoms with E-state index in [0.29, 0.717) is 62.6 Å². The highest BCUT2D eigenvalue weighted by atomic mass is 35.5. The van der Waals surface area contributed by atoms with Crippen LogP contribution in [0.4, 0.5) is 18.0 Å². The number of nitrogens with zero attached hydrogens (tertiary/aromatic N) is 1. The lowest BCUT2D eigenvalue weighted by Crippen LogP contribution is -2.55. The second-order valence-electron chi connectivity index (χ2n) is 16.1. The van der Waals surface area contributed by atoms with Gasteiger partial charge in [0.15, 0.2) is 5.76 Å². The number of halogens is 4. The van der Waals surface area contributed by atoms with Gasteiger partial charge in [-0.25, -0.2) is 4.79 Å². The lowest BCUT2D eigenvalue weighted by Gasteiger charge is -2.46. The van der Waals surface area contributed by atoms with E-state index in [-0.39, 0.29) is 46.6 Å². The zero-order valence-corrected chi connectivity index (χ0v) is 33.0. The molecule has 4 atom stereocenters. The highest BCUT2D eigenvalue weighted by Gasteiger charge is 2.57. The van der Waals surface area contributed by atoms with E-state index in [1.807, 2.05) is 70.2 Å². The molecule has 1 heterocycles. The first-order chi connectivity index (χ1) is 26.5. The fourth-order valence-corrected chi connectivity index (χ4v) is 8.69. The van der Waals surface area contributed by atoms with Crippen LogP contribution in [0.5, 0.6) is 0 Å². The molecule has 1 fully saturated rings. The van der Waals surface area contributed by atoms with E-state index >= 15 is 0 Å². The molecular formula is C45H50ClF3N2O5. The molecule has 1 aromatic heterocycles. The number of rotatable bonds is 8. The van der Waals surface area contributed by atoms with Gasteiger partial charge in [-0.05, 0) is 125 Å². The number of benzene rings is 3. The molecule has 3 aromatic carbocycles. The lowest BCUT2D eigenvalue weighted by molar-refractivity contribution is -0.137. The number of carbonyl (C=O) groups excluding carboxylic acids is 2. The van der Waals surface area contributed by atoms with Crippen LogP contribution in [0.25, 0.3) is 11.3 Å².